The van der Waals surface area contributed by atoms with Crippen molar-refractivity contribution < 1.29 is 8.42 Å². The molecule has 0 N–H and O–H groups in total. The van der Waals surface area contributed by atoms with Crippen molar-refractivity contribution in [3.8, 4) is 0 Å². The number of nitrogens with zero attached hydrogens (tertiary/aromatic N) is 4. The number of sulfonamides is 1. The van der Waals surface area contributed by atoms with Crippen LogP contribution in [0.3, 0.4) is 0 Å². The molecule has 0 unspecified atom stereocenters. The number of aromatic nitrogens is 2. The summed E-state index contributed by atoms with van der Waals surface area (Å²) in [5, 5.41) is 0. The molecule has 2 aliphatic heterocycles. The summed E-state index contributed by atoms with van der Waals surface area (Å²) >= 11 is 0. The maximum atomic E-state index is 11.8. The van der Waals surface area contributed by atoms with Gasteiger partial charge in [0.15, 0.2) is 0 Å². The Morgan fingerprint density at radius 1 is 1.25 bits per heavy atom. The van der Waals surface area contributed by atoms with E-state index < -0.39 is 10.0 Å². The number of hydrogen-bond donors (Lipinski definition) is 0. The number of rotatable bonds is 3. The second-order valence-corrected chi connectivity index (χ2v) is 8.16. The fraction of sp³-hybridized carbons (Fsp3) is 0.692. The van der Waals surface area contributed by atoms with E-state index in [0.717, 1.165) is 31.0 Å². The number of aryl methyl sites for hydroxylation is 1. The lowest BCUT2D eigenvalue weighted by Gasteiger charge is -2.46. The fourth-order valence-electron chi connectivity index (χ4n) is 2.99. The highest BCUT2D eigenvalue weighted by Gasteiger charge is 2.51. The van der Waals surface area contributed by atoms with E-state index in [1.54, 1.807) is 11.2 Å². The molecule has 0 aliphatic carbocycles. The van der Waals surface area contributed by atoms with E-state index in [2.05, 4.69) is 14.9 Å². The van der Waals surface area contributed by atoms with E-state index >= 15 is 0 Å². The molecule has 0 amide bonds. The van der Waals surface area contributed by atoms with Crippen molar-refractivity contribution in [3.05, 3.63) is 18.0 Å². The monoisotopic (exact) mass is 296 g/mol. The van der Waals surface area contributed by atoms with Crippen LogP contribution in [-0.4, -0.2) is 54.6 Å². The SMILES string of the molecule is CCS(=O)(=O)N1CC2(CCN(c3ncc(C)cn3)C2)C1. The van der Waals surface area contributed by atoms with E-state index in [1.165, 1.54) is 0 Å². The molecular weight excluding hydrogens is 276 g/mol. The van der Waals surface area contributed by atoms with Gasteiger partial charge in [-0.05, 0) is 25.8 Å². The lowest BCUT2D eigenvalue weighted by molar-refractivity contribution is 0.0937. The summed E-state index contributed by atoms with van der Waals surface area (Å²) in [6.45, 7) is 6.71. The molecule has 0 aromatic carbocycles. The van der Waals surface area contributed by atoms with Crippen molar-refractivity contribution in [3.63, 3.8) is 0 Å². The molecule has 20 heavy (non-hydrogen) atoms. The minimum Gasteiger partial charge on any atom is -0.340 e. The van der Waals surface area contributed by atoms with Gasteiger partial charge in [0.2, 0.25) is 16.0 Å². The molecule has 2 fully saturated rings. The average molecular weight is 296 g/mol. The number of hydrogen-bond acceptors (Lipinski definition) is 5. The average Bonchev–Trinajstić information content (AvgIpc) is 2.83. The first-order valence-corrected chi connectivity index (χ1v) is 8.56. The van der Waals surface area contributed by atoms with Crippen LogP contribution in [0.25, 0.3) is 0 Å². The maximum absolute atomic E-state index is 11.8. The van der Waals surface area contributed by atoms with Gasteiger partial charge in [0.25, 0.3) is 0 Å². The van der Waals surface area contributed by atoms with Gasteiger partial charge in [-0.25, -0.2) is 22.7 Å². The highest BCUT2D eigenvalue weighted by molar-refractivity contribution is 7.89. The molecule has 3 heterocycles. The van der Waals surface area contributed by atoms with Crippen LogP contribution in [0.5, 0.6) is 0 Å². The van der Waals surface area contributed by atoms with E-state index in [9.17, 15) is 8.42 Å². The van der Waals surface area contributed by atoms with Gasteiger partial charge in [0.1, 0.15) is 0 Å². The van der Waals surface area contributed by atoms with E-state index in [4.69, 9.17) is 0 Å². The predicted molar refractivity (Wildman–Crippen MR) is 77.1 cm³/mol. The zero-order chi connectivity index (χ0) is 14.4. The zero-order valence-corrected chi connectivity index (χ0v) is 12.7. The lowest BCUT2D eigenvalue weighted by atomic mass is 9.81. The maximum Gasteiger partial charge on any atom is 0.225 e. The van der Waals surface area contributed by atoms with Crippen molar-refractivity contribution in [2.45, 2.75) is 20.3 Å². The topological polar surface area (TPSA) is 66.4 Å². The molecule has 1 spiro atoms. The van der Waals surface area contributed by atoms with Gasteiger partial charge in [-0.1, -0.05) is 0 Å². The Kier molecular flexibility index (Phi) is 3.21. The first-order valence-electron chi connectivity index (χ1n) is 6.96. The summed E-state index contributed by atoms with van der Waals surface area (Å²) in [5.41, 5.74) is 1.16. The first kappa shape index (κ1) is 13.8. The summed E-state index contributed by atoms with van der Waals surface area (Å²) in [7, 11) is -3.03. The standard InChI is InChI=1S/C13H20N4O2S/c1-3-20(18,19)17-9-13(10-17)4-5-16(8-13)12-14-6-11(2)7-15-12/h6-7H,3-5,8-10H2,1-2H3. The van der Waals surface area contributed by atoms with Crippen LogP contribution in [0, 0.1) is 12.3 Å². The van der Waals surface area contributed by atoms with Crippen molar-refractivity contribution in [1.82, 2.24) is 14.3 Å². The van der Waals surface area contributed by atoms with Gasteiger partial charge in [-0.3, -0.25) is 0 Å². The Morgan fingerprint density at radius 3 is 2.50 bits per heavy atom. The van der Waals surface area contributed by atoms with Crippen LogP contribution in [-0.2, 0) is 10.0 Å². The molecule has 1 aromatic rings. The summed E-state index contributed by atoms with van der Waals surface area (Å²) in [6, 6.07) is 0. The third-order valence-electron chi connectivity index (χ3n) is 4.27. The Labute approximate surface area is 119 Å². The lowest BCUT2D eigenvalue weighted by Crippen LogP contribution is -2.59. The fourth-order valence-corrected chi connectivity index (χ4v) is 4.30. The van der Waals surface area contributed by atoms with Crippen molar-refractivity contribution in [2.75, 3.05) is 36.8 Å². The van der Waals surface area contributed by atoms with Gasteiger partial charge in [-0.2, -0.15) is 0 Å². The normalized spacial score (nSPS) is 22.2. The Bertz CT molecular complexity index is 593. The molecular formula is C13H20N4O2S. The van der Waals surface area contributed by atoms with Gasteiger partial charge in [-0.15, -0.1) is 0 Å². The second-order valence-electron chi connectivity index (χ2n) is 5.90. The number of anilines is 1. The van der Waals surface area contributed by atoms with E-state index in [1.807, 2.05) is 19.3 Å². The summed E-state index contributed by atoms with van der Waals surface area (Å²) < 4.78 is 25.2. The Hall–Kier alpha value is -1.21. The van der Waals surface area contributed by atoms with Crippen LogP contribution >= 0.6 is 0 Å². The van der Waals surface area contributed by atoms with Crippen LogP contribution in [0.4, 0.5) is 5.95 Å². The minimum atomic E-state index is -3.03. The van der Waals surface area contributed by atoms with Crippen molar-refractivity contribution >= 4 is 16.0 Å². The predicted octanol–water partition coefficient (Wildman–Crippen LogP) is 0.647. The smallest absolute Gasteiger partial charge is 0.225 e. The van der Waals surface area contributed by atoms with Crippen LogP contribution in [0.15, 0.2) is 12.4 Å². The third-order valence-corrected chi connectivity index (χ3v) is 6.04. The van der Waals surface area contributed by atoms with E-state index in [-0.39, 0.29) is 11.2 Å². The highest BCUT2D eigenvalue weighted by atomic mass is 32.2. The molecule has 0 atom stereocenters. The van der Waals surface area contributed by atoms with Crippen LogP contribution in [0.1, 0.15) is 18.9 Å². The second kappa shape index (κ2) is 4.66. The van der Waals surface area contributed by atoms with Crippen LogP contribution < -0.4 is 4.90 Å². The molecule has 1 aromatic heterocycles. The first-order chi connectivity index (χ1) is 9.44. The Morgan fingerprint density at radius 2 is 1.90 bits per heavy atom. The zero-order valence-electron chi connectivity index (χ0n) is 11.9. The van der Waals surface area contributed by atoms with Gasteiger partial charge in [0.05, 0.1) is 5.75 Å². The minimum absolute atomic E-state index is 0.108. The van der Waals surface area contributed by atoms with Crippen LogP contribution in [0.2, 0.25) is 0 Å². The van der Waals surface area contributed by atoms with Gasteiger partial charge in [0, 0.05) is 44.0 Å². The van der Waals surface area contributed by atoms with E-state index in [0.29, 0.717) is 13.1 Å². The van der Waals surface area contributed by atoms with Crippen molar-refractivity contribution in [2.24, 2.45) is 5.41 Å². The largest absolute Gasteiger partial charge is 0.340 e. The van der Waals surface area contributed by atoms with Crippen molar-refractivity contribution in [1.29, 1.82) is 0 Å². The molecule has 110 valence electrons. The molecule has 0 radical (unpaired) electrons. The summed E-state index contributed by atoms with van der Waals surface area (Å²) in [6.07, 6.45) is 4.66. The molecule has 2 saturated heterocycles. The quantitative estimate of drug-likeness (QED) is 0.819. The highest BCUT2D eigenvalue weighted by Crippen LogP contribution is 2.41. The molecule has 7 heteroatoms. The molecule has 0 bridgehead atoms. The molecule has 6 nitrogen and oxygen atoms in total. The molecule has 3 rings (SSSR count). The van der Waals surface area contributed by atoms with Gasteiger partial charge >= 0.3 is 0 Å². The van der Waals surface area contributed by atoms with Gasteiger partial charge < -0.3 is 4.90 Å². The molecule has 2 aliphatic rings. The third kappa shape index (κ3) is 2.29. The molecule has 0 saturated carbocycles. The summed E-state index contributed by atoms with van der Waals surface area (Å²) in [5.74, 6) is 0.942. The summed E-state index contributed by atoms with van der Waals surface area (Å²) in [4.78, 5) is 10.9. The Balaban J connectivity index is 1.66.